The lowest BCUT2D eigenvalue weighted by atomic mass is 9.98. The van der Waals surface area contributed by atoms with Crippen molar-refractivity contribution in [3.63, 3.8) is 0 Å². The number of nitrogens with zero attached hydrogens (tertiary/aromatic N) is 1. The number of carbonyl (C=O) groups excluding carboxylic acids is 1. The fraction of sp³-hybridized carbons (Fsp3) is 0.409. The summed E-state index contributed by atoms with van der Waals surface area (Å²) < 4.78 is 38.4. The summed E-state index contributed by atoms with van der Waals surface area (Å²) in [5.41, 5.74) is 2.85. The summed E-state index contributed by atoms with van der Waals surface area (Å²) in [6, 6.07) is 10.5. The third kappa shape index (κ3) is 4.76. The molecule has 1 aliphatic rings. The van der Waals surface area contributed by atoms with Gasteiger partial charge in [-0.05, 0) is 62.1 Å². The van der Waals surface area contributed by atoms with E-state index in [-0.39, 0.29) is 23.1 Å². The van der Waals surface area contributed by atoms with Crippen molar-refractivity contribution in [3.05, 3.63) is 47.5 Å². The van der Waals surface area contributed by atoms with Crippen LogP contribution in [0.4, 0.5) is 5.69 Å². The molecule has 1 fully saturated rings. The minimum absolute atomic E-state index is 0.0414. The van der Waals surface area contributed by atoms with E-state index in [2.05, 4.69) is 5.32 Å². The number of piperidine rings is 1. The largest absolute Gasteiger partial charge is 0.497 e. The first kappa shape index (κ1) is 22.1. The van der Waals surface area contributed by atoms with Crippen molar-refractivity contribution in [1.82, 2.24) is 4.31 Å². The van der Waals surface area contributed by atoms with Crippen LogP contribution in [0.1, 0.15) is 24.0 Å². The van der Waals surface area contributed by atoms with Gasteiger partial charge >= 0.3 is 0 Å². The molecule has 0 aromatic heterocycles. The van der Waals surface area contributed by atoms with Gasteiger partial charge in [0.1, 0.15) is 16.4 Å². The van der Waals surface area contributed by atoms with Crippen molar-refractivity contribution in [1.29, 1.82) is 0 Å². The highest BCUT2D eigenvalue weighted by Gasteiger charge is 2.35. The molecule has 0 bridgehead atoms. The number of methoxy groups -OCH3 is 2. The SMILES string of the molecule is COc1ccc(OC)c(S(=O)(=O)N2CCC[C@@H](C(=O)Nc3cc(C)cc(C)c3)C2)c1. The summed E-state index contributed by atoms with van der Waals surface area (Å²) in [6.45, 7) is 4.42. The topological polar surface area (TPSA) is 84.9 Å². The number of amides is 1. The lowest BCUT2D eigenvalue weighted by Crippen LogP contribution is -2.43. The Labute approximate surface area is 178 Å². The fourth-order valence-corrected chi connectivity index (χ4v) is 5.49. The molecule has 0 unspecified atom stereocenters. The maximum Gasteiger partial charge on any atom is 0.246 e. The second kappa shape index (κ2) is 9.06. The molecule has 0 radical (unpaired) electrons. The molecule has 1 heterocycles. The van der Waals surface area contributed by atoms with Gasteiger partial charge in [0.2, 0.25) is 15.9 Å². The van der Waals surface area contributed by atoms with Gasteiger partial charge in [-0.3, -0.25) is 4.79 Å². The van der Waals surface area contributed by atoms with E-state index in [1.807, 2.05) is 32.0 Å². The molecule has 2 aromatic carbocycles. The highest BCUT2D eigenvalue weighted by atomic mass is 32.2. The van der Waals surface area contributed by atoms with E-state index in [0.29, 0.717) is 25.1 Å². The van der Waals surface area contributed by atoms with Crippen molar-refractivity contribution in [2.24, 2.45) is 5.92 Å². The smallest absolute Gasteiger partial charge is 0.246 e. The van der Waals surface area contributed by atoms with Crippen molar-refractivity contribution in [2.75, 3.05) is 32.6 Å². The number of aryl methyl sites for hydroxylation is 2. The highest BCUT2D eigenvalue weighted by Crippen LogP contribution is 2.33. The Morgan fingerprint density at radius 2 is 1.77 bits per heavy atom. The molecule has 1 saturated heterocycles. The number of ether oxygens (including phenoxy) is 2. The summed E-state index contributed by atoms with van der Waals surface area (Å²) >= 11 is 0. The zero-order chi connectivity index (χ0) is 21.9. The maximum absolute atomic E-state index is 13.3. The van der Waals surface area contributed by atoms with E-state index in [1.165, 1.54) is 24.6 Å². The van der Waals surface area contributed by atoms with Gasteiger partial charge in [0.15, 0.2) is 0 Å². The third-order valence-corrected chi connectivity index (χ3v) is 7.12. The van der Waals surface area contributed by atoms with Crippen LogP contribution in [0, 0.1) is 19.8 Å². The third-order valence-electron chi connectivity index (χ3n) is 5.23. The van der Waals surface area contributed by atoms with Crippen molar-refractivity contribution in [2.45, 2.75) is 31.6 Å². The molecule has 2 aromatic rings. The number of sulfonamides is 1. The van der Waals surface area contributed by atoms with Gasteiger partial charge in [-0.1, -0.05) is 6.07 Å². The molecule has 1 aliphatic heterocycles. The molecule has 0 saturated carbocycles. The van der Waals surface area contributed by atoms with Crippen LogP contribution >= 0.6 is 0 Å². The van der Waals surface area contributed by atoms with Crippen LogP contribution in [0.2, 0.25) is 0 Å². The second-order valence-electron chi connectivity index (χ2n) is 7.58. The Morgan fingerprint density at radius 1 is 1.07 bits per heavy atom. The molecule has 0 aliphatic carbocycles. The van der Waals surface area contributed by atoms with Crippen LogP contribution in [-0.2, 0) is 14.8 Å². The lowest BCUT2D eigenvalue weighted by molar-refractivity contribution is -0.120. The van der Waals surface area contributed by atoms with Crippen molar-refractivity contribution in [3.8, 4) is 11.5 Å². The highest BCUT2D eigenvalue weighted by molar-refractivity contribution is 7.89. The monoisotopic (exact) mass is 432 g/mol. The molecule has 3 rings (SSSR count). The average Bonchev–Trinajstić information content (AvgIpc) is 2.72. The molecular formula is C22H28N2O5S. The number of nitrogens with one attached hydrogen (secondary N) is 1. The van der Waals surface area contributed by atoms with Crippen LogP contribution in [-0.4, -0.2) is 45.9 Å². The number of anilines is 1. The average molecular weight is 433 g/mol. The van der Waals surface area contributed by atoms with E-state index < -0.39 is 15.9 Å². The van der Waals surface area contributed by atoms with Gasteiger partial charge in [0.25, 0.3) is 0 Å². The van der Waals surface area contributed by atoms with Gasteiger partial charge in [0, 0.05) is 24.8 Å². The van der Waals surface area contributed by atoms with E-state index in [9.17, 15) is 13.2 Å². The first-order chi connectivity index (χ1) is 14.2. The summed E-state index contributed by atoms with van der Waals surface area (Å²) in [5.74, 6) is 0.0801. The minimum Gasteiger partial charge on any atom is -0.497 e. The van der Waals surface area contributed by atoms with Gasteiger partial charge in [0.05, 0.1) is 20.1 Å². The van der Waals surface area contributed by atoms with Crippen LogP contribution in [0.25, 0.3) is 0 Å². The Hall–Kier alpha value is -2.58. The predicted molar refractivity (Wildman–Crippen MR) is 116 cm³/mol. The zero-order valence-electron chi connectivity index (χ0n) is 17.8. The minimum atomic E-state index is -3.84. The molecule has 7 nitrogen and oxygen atoms in total. The van der Waals surface area contributed by atoms with Crippen molar-refractivity contribution < 1.29 is 22.7 Å². The molecular weight excluding hydrogens is 404 g/mol. The quantitative estimate of drug-likeness (QED) is 0.757. The molecule has 1 amide bonds. The van der Waals surface area contributed by atoms with Gasteiger partial charge < -0.3 is 14.8 Å². The van der Waals surface area contributed by atoms with Gasteiger partial charge in [-0.2, -0.15) is 4.31 Å². The Kier molecular flexibility index (Phi) is 6.67. The number of benzene rings is 2. The zero-order valence-corrected chi connectivity index (χ0v) is 18.6. The van der Waals surface area contributed by atoms with E-state index >= 15 is 0 Å². The van der Waals surface area contributed by atoms with Gasteiger partial charge in [-0.25, -0.2) is 8.42 Å². The predicted octanol–water partition coefficient (Wildman–Crippen LogP) is 3.36. The molecule has 30 heavy (non-hydrogen) atoms. The van der Waals surface area contributed by atoms with Crippen molar-refractivity contribution >= 4 is 21.6 Å². The molecule has 8 heteroatoms. The van der Waals surface area contributed by atoms with Crippen LogP contribution in [0.5, 0.6) is 11.5 Å². The Bertz CT molecular complexity index is 1020. The number of rotatable bonds is 6. The normalized spacial score (nSPS) is 17.4. The summed E-state index contributed by atoms with van der Waals surface area (Å²) in [5, 5.41) is 2.94. The molecule has 1 atom stereocenters. The van der Waals surface area contributed by atoms with Crippen LogP contribution in [0.3, 0.4) is 0 Å². The summed E-state index contributed by atoms with van der Waals surface area (Å²) in [7, 11) is -0.935. The maximum atomic E-state index is 13.3. The first-order valence-electron chi connectivity index (χ1n) is 9.86. The standard InChI is InChI=1S/C22H28N2O5S/c1-15-10-16(2)12-18(11-15)23-22(25)17-6-5-9-24(14-17)30(26,27)21-13-19(28-3)7-8-20(21)29-4/h7-8,10-13,17H,5-6,9,14H2,1-4H3,(H,23,25)/t17-/m1/s1. The lowest BCUT2D eigenvalue weighted by Gasteiger charge is -2.31. The number of hydrogen-bond donors (Lipinski definition) is 1. The molecule has 162 valence electrons. The molecule has 0 spiro atoms. The number of hydrogen-bond acceptors (Lipinski definition) is 5. The van der Waals surface area contributed by atoms with E-state index in [1.54, 1.807) is 12.1 Å². The summed E-state index contributed by atoms with van der Waals surface area (Å²) in [4.78, 5) is 12.9. The Balaban J connectivity index is 1.80. The van der Waals surface area contributed by atoms with Crippen LogP contribution in [0.15, 0.2) is 41.3 Å². The van der Waals surface area contributed by atoms with E-state index in [4.69, 9.17) is 9.47 Å². The number of carbonyl (C=O) groups is 1. The van der Waals surface area contributed by atoms with Gasteiger partial charge in [-0.15, -0.1) is 0 Å². The van der Waals surface area contributed by atoms with E-state index in [0.717, 1.165) is 16.8 Å². The van der Waals surface area contributed by atoms with Crippen LogP contribution < -0.4 is 14.8 Å². The molecule has 1 N–H and O–H groups in total. The fourth-order valence-electron chi connectivity index (χ4n) is 3.79. The summed E-state index contributed by atoms with van der Waals surface area (Å²) in [6.07, 6.45) is 1.24. The Morgan fingerprint density at radius 3 is 2.40 bits per heavy atom. The first-order valence-corrected chi connectivity index (χ1v) is 11.3. The second-order valence-corrected chi connectivity index (χ2v) is 9.49.